The Morgan fingerprint density at radius 1 is 1.19 bits per heavy atom. The second-order valence-electron chi connectivity index (χ2n) is 9.42. The molecule has 36 heavy (non-hydrogen) atoms. The first-order chi connectivity index (χ1) is 17.5. The normalized spacial score (nSPS) is 17.4. The number of hydrogen-bond donors (Lipinski definition) is 2. The van der Waals surface area contributed by atoms with Crippen molar-refractivity contribution in [1.29, 1.82) is 0 Å². The summed E-state index contributed by atoms with van der Waals surface area (Å²) in [6.45, 7) is 11.9. The van der Waals surface area contributed by atoms with Gasteiger partial charge in [0.05, 0.1) is 18.9 Å². The van der Waals surface area contributed by atoms with Gasteiger partial charge in [0.1, 0.15) is 17.6 Å². The van der Waals surface area contributed by atoms with Crippen LogP contribution in [0.25, 0.3) is 22.3 Å². The Balaban J connectivity index is 1.44. The molecular formula is C26H32N8O2. The average molecular weight is 489 g/mol. The van der Waals surface area contributed by atoms with Crippen molar-refractivity contribution in [2.45, 2.75) is 40.7 Å². The van der Waals surface area contributed by atoms with Crippen LogP contribution in [0, 0.1) is 12.3 Å². The number of hydrogen-bond acceptors (Lipinski definition) is 9. The molecule has 1 unspecified atom stereocenters. The number of nitrogens with zero attached hydrogens (tertiary/aromatic N) is 6. The minimum absolute atomic E-state index is 0.0853. The van der Waals surface area contributed by atoms with Crippen LogP contribution in [0.1, 0.15) is 32.9 Å². The largest absolute Gasteiger partial charge is 0.492 e. The maximum absolute atomic E-state index is 5.94. The number of anilines is 3. The molecule has 4 heterocycles. The number of pyridine rings is 1. The molecule has 4 aromatic rings. The lowest BCUT2D eigenvalue weighted by Crippen LogP contribution is -2.27. The van der Waals surface area contributed by atoms with Crippen molar-refractivity contribution in [3.05, 3.63) is 42.5 Å². The molecule has 1 saturated heterocycles. The molecule has 1 fully saturated rings. The molecule has 1 aromatic carbocycles. The second kappa shape index (κ2) is 10.1. The van der Waals surface area contributed by atoms with Crippen molar-refractivity contribution in [2.24, 2.45) is 5.41 Å². The highest BCUT2D eigenvalue weighted by Crippen LogP contribution is 2.33. The van der Waals surface area contributed by atoms with Crippen molar-refractivity contribution < 1.29 is 9.47 Å². The van der Waals surface area contributed by atoms with Gasteiger partial charge in [0, 0.05) is 48.0 Å². The number of nitrogens with one attached hydrogen (secondary N) is 2. The first-order valence-electron chi connectivity index (χ1n) is 12.4. The van der Waals surface area contributed by atoms with E-state index in [1.807, 2.05) is 48.9 Å². The predicted molar refractivity (Wildman–Crippen MR) is 140 cm³/mol. The van der Waals surface area contributed by atoms with Gasteiger partial charge in [-0.1, -0.05) is 6.92 Å². The summed E-state index contributed by atoms with van der Waals surface area (Å²) in [4.78, 5) is 14.1. The Bertz CT molecular complexity index is 1360. The monoisotopic (exact) mass is 488 g/mol. The molecule has 10 nitrogen and oxygen atoms in total. The summed E-state index contributed by atoms with van der Waals surface area (Å²) < 4.78 is 13.5. The molecule has 3 aromatic heterocycles. The number of benzene rings is 1. The Labute approximate surface area is 210 Å². The third-order valence-corrected chi connectivity index (χ3v) is 6.42. The summed E-state index contributed by atoms with van der Waals surface area (Å²) >= 11 is 0. The van der Waals surface area contributed by atoms with E-state index >= 15 is 0 Å². The molecule has 0 radical (unpaired) electrons. The quantitative estimate of drug-likeness (QED) is 0.349. The fraction of sp³-hybridized carbons (Fsp3) is 0.423. The summed E-state index contributed by atoms with van der Waals surface area (Å²) in [6, 6.07) is 7.90. The van der Waals surface area contributed by atoms with Gasteiger partial charge in [0.15, 0.2) is 11.6 Å². The fourth-order valence-corrected chi connectivity index (χ4v) is 4.37. The molecule has 188 valence electrons. The molecule has 2 N–H and O–H groups in total. The van der Waals surface area contributed by atoms with E-state index in [0.717, 1.165) is 72.2 Å². The maximum Gasteiger partial charge on any atom is 0.227 e. The standard InChI is InChI=1S/C26H32N8O2/c1-5-34-16-29-33-24(34)18-7-8-20(21(12-18)36-6-2)31-25-27-13-19-11-17(3)30-23(22(19)32-25)28-14-26(4)9-10-35-15-26/h7-8,11-13,16H,5-6,9-10,14-15H2,1-4H3,(H,28,30)(H,27,31,32). The first kappa shape index (κ1) is 23.9. The van der Waals surface area contributed by atoms with Crippen LogP contribution in [0.2, 0.25) is 0 Å². The lowest BCUT2D eigenvalue weighted by Gasteiger charge is -2.22. The molecule has 0 saturated carbocycles. The van der Waals surface area contributed by atoms with E-state index in [1.165, 1.54) is 0 Å². The molecule has 10 heteroatoms. The predicted octanol–water partition coefficient (Wildman–Crippen LogP) is 4.59. The van der Waals surface area contributed by atoms with Gasteiger partial charge in [0.2, 0.25) is 5.95 Å². The Kier molecular flexibility index (Phi) is 6.69. The van der Waals surface area contributed by atoms with Crippen molar-refractivity contribution in [3.63, 3.8) is 0 Å². The van der Waals surface area contributed by atoms with Crippen LogP contribution < -0.4 is 15.4 Å². The lowest BCUT2D eigenvalue weighted by molar-refractivity contribution is 0.164. The van der Waals surface area contributed by atoms with E-state index in [4.69, 9.17) is 19.4 Å². The Hall–Kier alpha value is -3.79. The topological polar surface area (TPSA) is 112 Å². The highest BCUT2D eigenvalue weighted by atomic mass is 16.5. The average Bonchev–Trinajstić information content (AvgIpc) is 3.53. The summed E-state index contributed by atoms with van der Waals surface area (Å²) in [7, 11) is 0. The lowest BCUT2D eigenvalue weighted by atomic mass is 9.90. The number of fused-ring (bicyclic) bond motifs is 1. The molecule has 1 aliphatic rings. The van der Waals surface area contributed by atoms with Crippen LogP contribution in [0.3, 0.4) is 0 Å². The van der Waals surface area contributed by atoms with Crippen LogP contribution in [-0.2, 0) is 11.3 Å². The molecule has 0 spiro atoms. The van der Waals surface area contributed by atoms with Crippen LogP contribution in [0.5, 0.6) is 5.75 Å². The minimum atomic E-state index is 0.0853. The second-order valence-corrected chi connectivity index (χ2v) is 9.42. The van der Waals surface area contributed by atoms with Crippen LogP contribution in [0.15, 0.2) is 36.8 Å². The zero-order valence-electron chi connectivity index (χ0n) is 21.2. The highest BCUT2D eigenvalue weighted by molar-refractivity contribution is 5.89. The highest BCUT2D eigenvalue weighted by Gasteiger charge is 2.29. The van der Waals surface area contributed by atoms with Gasteiger partial charge in [0.25, 0.3) is 0 Å². The van der Waals surface area contributed by atoms with Crippen molar-refractivity contribution in [2.75, 3.05) is 37.0 Å². The third-order valence-electron chi connectivity index (χ3n) is 6.42. The smallest absolute Gasteiger partial charge is 0.227 e. The first-order valence-corrected chi connectivity index (χ1v) is 12.4. The molecule has 0 bridgehead atoms. The molecular weight excluding hydrogens is 456 g/mol. The van der Waals surface area contributed by atoms with E-state index < -0.39 is 0 Å². The Morgan fingerprint density at radius 2 is 2.08 bits per heavy atom. The molecule has 1 aliphatic heterocycles. The fourth-order valence-electron chi connectivity index (χ4n) is 4.37. The Morgan fingerprint density at radius 3 is 2.86 bits per heavy atom. The van der Waals surface area contributed by atoms with Gasteiger partial charge in [-0.25, -0.2) is 15.0 Å². The molecule has 0 amide bonds. The minimum Gasteiger partial charge on any atom is -0.492 e. The number of ether oxygens (including phenoxy) is 2. The van der Waals surface area contributed by atoms with Crippen molar-refractivity contribution in [1.82, 2.24) is 29.7 Å². The van der Waals surface area contributed by atoms with Gasteiger partial charge in [-0.2, -0.15) is 0 Å². The van der Waals surface area contributed by atoms with E-state index in [2.05, 4.69) is 39.7 Å². The summed E-state index contributed by atoms with van der Waals surface area (Å²) in [6.07, 6.45) is 4.58. The SMILES string of the molecule is CCOc1cc(-c2nncn2CC)ccc1Nc1ncc2cc(C)nc(NCC3(C)CCOC3)c2n1. The van der Waals surface area contributed by atoms with E-state index in [9.17, 15) is 0 Å². The maximum atomic E-state index is 5.94. The number of aromatic nitrogens is 6. The van der Waals surface area contributed by atoms with E-state index in [1.54, 1.807) is 6.33 Å². The van der Waals surface area contributed by atoms with Gasteiger partial charge in [-0.15, -0.1) is 10.2 Å². The van der Waals surface area contributed by atoms with E-state index in [-0.39, 0.29) is 5.41 Å². The van der Waals surface area contributed by atoms with Gasteiger partial charge in [-0.3, -0.25) is 0 Å². The molecule has 1 atom stereocenters. The third kappa shape index (κ3) is 4.94. The zero-order valence-corrected chi connectivity index (χ0v) is 21.2. The zero-order chi connectivity index (χ0) is 25.1. The summed E-state index contributed by atoms with van der Waals surface area (Å²) in [5.74, 6) is 2.71. The summed E-state index contributed by atoms with van der Waals surface area (Å²) in [5, 5.41) is 16.1. The van der Waals surface area contributed by atoms with Crippen LogP contribution >= 0.6 is 0 Å². The van der Waals surface area contributed by atoms with Gasteiger partial charge < -0.3 is 24.7 Å². The number of rotatable bonds is 9. The van der Waals surface area contributed by atoms with Crippen molar-refractivity contribution >= 4 is 28.4 Å². The van der Waals surface area contributed by atoms with Crippen LogP contribution in [-0.4, -0.2) is 56.1 Å². The number of aryl methyl sites for hydroxylation is 2. The van der Waals surface area contributed by atoms with Gasteiger partial charge >= 0.3 is 0 Å². The van der Waals surface area contributed by atoms with E-state index in [0.29, 0.717) is 18.3 Å². The molecule has 0 aliphatic carbocycles. The molecule has 5 rings (SSSR count). The van der Waals surface area contributed by atoms with Gasteiger partial charge in [-0.05, 0) is 51.5 Å². The van der Waals surface area contributed by atoms with Crippen molar-refractivity contribution in [3.8, 4) is 17.1 Å². The summed E-state index contributed by atoms with van der Waals surface area (Å²) in [5.41, 5.74) is 3.47. The van der Waals surface area contributed by atoms with Crippen LogP contribution in [0.4, 0.5) is 17.5 Å².